The molecule has 1 heterocycles. The molecule has 6 heteroatoms. The zero-order valence-corrected chi connectivity index (χ0v) is 15.5. The minimum atomic E-state index is -0.407. The van der Waals surface area contributed by atoms with Gasteiger partial charge in [0.05, 0.1) is 29.3 Å². The van der Waals surface area contributed by atoms with Crippen molar-refractivity contribution in [2.45, 2.75) is 25.8 Å². The van der Waals surface area contributed by atoms with Crippen LogP contribution in [0.4, 0.5) is 5.69 Å². The molecule has 4 nitrogen and oxygen atoms in total. The fourth-order valence-corrected chi connectivity index (χ4v) is 3.54. The smallest absolute Gasteiger partial charge is 0.355 e. The van der Waals surface area contributed by atoms with E-state index in [0.29, 0.717) is 28.1 Å². The minimum absolute atomic E-state index is 0.0968. The monoisotopic (exact) mass is 376 g/mol. The number of nitrogens with zero attached hydrogens (tertiary/aromatic N) is 2. The third-order valence-corrected chi connectivity index (χ3v) is 4.72. The molecule has 1 aliphatic rings. The van der Waals surface area contributed by atoms with Gasteiger partial charge in [-0.25, -0.2) is 4.79 Å². The van der Waals surface area contributed by atoms with Crippen molar-refractivity contribution in [1.29, 1.82) is 0 Å². The Bertz CT molecular complexity index is 808. The van der Waals surface area contributed by atoms with E-state index in [9.17, 15) is 4.79 Å². The maximum absolute atomic E-state index is 12.5. The summed E-state index contributed by atoms with van der Waals surface area (Å²) in [5.74, 6) is -0.609. The van der Waals surface area contributed by atoms with Crippen molar-refractivity contribution in [3.05, 3.63) is 64.1 Å². The molecular formula is C19H18Cl2N2O2. The Morgan fingerprint density at radius 1 is 1.20 bits per heavy atom. The molecule has 0 aliphatic carbocycles. The SMILES string of the molecule is CCOC(=O)C1=NN(c2ccc(Cl)cc2Cl)[C@@H](C)[C@@H]1c1ccccc1. The molecule has 0 amide bonds. The summed E-state index contributed by atoms with van der Waals surface area (Å²) in [6.07, 6.45) is 0. The molecule has 2 aromatic carbocycles. The molecule has 0 fully saturated rings. The highest BCUT2D eigenvalue weighted by Gasteiger charge is 2.40. The number of hydrazone groups is 1. The van der Waals surface area contributed by atoms with Gasteiger partial charge in [-0.1, -0.05) is 53.5 Å². The molecule has 2 aromatic rings. The fourth-order valence-electron chi connectivity index (χ4n) is 3.05. The zero-order valence-electron chi connectivity index (χ0n) is 13.9. The first-order chi connectivity index (χ1) is 12.0. The normalized spacial score (nSPS) is 19.7. The fraction of sp³-hybridized carbons (Fsp3) is 0.263. The average molecular weight is 377 g/mol. The van der Waals surface area contributed by atoms with Crippen LogP contribution in [0.2, 0.25) is 10.0 Å². The van der Waals surface area contributed by atoms with Gasteiger partial charge in [-0.2, -0.15) is 5.10 Å². The zero-order chi connectivity index (χ0) is 18.0. The average Bonchev–Trinajstić information content (AvgIpc) is 2.93. The standard InChI is InChI=1S/C19H18Cl2N2O2/c1-3-25-19(24)18-17(13-7-5-4-6-8-13)12(2)23(22-18)16-10-9-14(20)11-15(16)21/h4-12,17H,3H2,1-2H3/t12-,17+/m0/s1. The Kier molecular flexibility index (Phi) is 5.30. The highest BCUT2D eigenvalue weighted by Crippen LogP contribution is 2.38. The van der Waals surface area contributed by atoms with Gasteiger partial charge < -0.3 is 4.74 Å². The molecule has 0 saturated carbocycles. The van der Waals surface area contributed by atoms with Gasteiger partial charge in [0.1, 0.15) is 0 Å². The van der Waals surface area contributed by atoms with E-state index in [1.54, 1.807) is 30.1 Å². The van der Waals surface area contributed by atoms with E-state index < -0.39 is 5.97 Å². The second-order valence-corrected chi connectivity index (χ2v) is 6.62. The van der Waals surface area contributed by atoms with Gasteiger partial charge in [0, 0.05) is 5.02 Å². The van der Waals surface area contributed by atoms with Crippen LogP contribution in [0.15, 0.2) is 53.6 Å². The molecular weight excluding hydrogens is 359 g/mol. The van der Waals surface area contributed by atoms with Crippen molar-refractivity contribution in [3.63, 3.8) is 0 Å². The van der Waals surface area contributed by atoms with E-state index in [1.807, 2.05) is 37.3 Å². The summed E-state index contributed by atoms with van der Waals surface area (Å²) >= 11 is 12.3. The number of hydrogen-bond acceptors (Lipinski definition) is 4. The molecule has 0 N–H and O–H groups in total. The maximum Gasteiger partial charge on any atom is 0.355 e. The van der Waals surface area contributed by atoms with E-state index in [-0.39, 0.29) is 12.0 Å². The van der Waals surface area contributed by atoms with Crippen LogP contribution in [0, 0.1) is 0 Å². The van der Waals surface area contributed by atoms with Gasteiger partial charge in [0.25, 0.3) is 0 Å². The first-order valence-corrected chi connectivity index (χ1v) is 8.83. The van der Waals surface area contributed by atoms with Crippen molar-refractivity contribution in [2.24, 2.45) is 5.10 Å². The predicted molar refractivity (Wildman–Crippen MR) is 102 cm³/mol. The number of anilines is 1. The van der Waals surface area contributed by atoms with E-state index >= 15 is 0 Å². The molecule has 130 valence electrons. The maximum atomic E-state index is 12.5. The lowest BCUT2D eigenvalue weighted by Gasteiger charge is -2.25. The van der Waals surface area contributed by atoms with Crippen LogP contribution in [-0.2, 0) is 9.53 Å². The lowest BCUT2D eigenvalue weighted by Crippen LogP contribution is -2.31. The molecule has 2 atom stereocenters. The Hall–Kier alpha value is -2.04. The van der Waals surface area contributed by atoms with Gasteiger partial charge in [-0.3, -0.25) is 5.01 Å². The van der Waals surface area contributed by atoms with E-state index in [1.165, 1.54) is 0 Å². The molecule has 0 bridgehead atoms. The van der Waals surface area contributed by atoms with E-state index in [0.717, 1.165) is 5.56 Å². The molecule has 0 aromatic heterocycles. The molecule has 0 spiro atoms. The van der Waals surface area contributed by atoms with Gasteiger partial charge in [0.15, 0.2) is 5.71 Å². The number of hydrogen-bond donors (Lipinski definition) is 0. The van der Waals surface area contributed by atoms with E-state index in [2.05, 4.69) is 5.10 Å². The van der Waals surface area contributed by atoms with Crippen molar-refractivity contribution in [3.8, 4) is 0 Å². The summed E-state index contributed by atoms with van der Waals surface area (Å²) < 4.78 is 5.21. The van der Waals surface area contributed by atoms with Gasteiger partial charge in [0.2, 0.25) is 0 Å². The summed E-state index contributed by atoms with van der Waals surface area (Å²) in [5, 5.41) is 7.36. The van der Waals surface area contributed by atoms with E-state index in [4.69, 9.17) is 27.9 Å². The number of halogens is 2. The third kappa shape index (κ3) is 3.51. The second-order valence-electron chi connectivity index (χ2n) is 5.77. The molecule has 0 unspecified atom stereocenters. The van der Waals surface area contributed by atoms with Crippen LogP contribution >= 0.6 is 23.2 Å². The van der Waals surface area contributed by atoms with Gasteiger partial charge >= 0.3 is 5.97 Å². The molecule has 0 saturated heterocycles. The summed E-state index contributed by atoms with van der Waals surface area (Å²) in [4.78, 5) is 12.5. The number of carbonyl (C=O) groups excluding carboxylic acids is 1. The van der Waals surface area contributed by atoms with Crippen molar-refractivity contribution in [1.82, 2.24) is 0 Å². The Labute approximate surface area is 157 Å². The molecule has 25 heavy (non-hydrogen) atoms. The van der Waals surface area contributed by atoms with Crippen LogP contribution < -0.4 is 5.01 Å². The Morgan fingerprint density at radius 3 is 2.56 bits per heavy atom. The second kappa shape index (κ2) is 7.46. The summed E-state index contributed by atoms with van der Waals surface area (Å²) in [6.45, 7) is 4.09. The Morgan fingerprint density at radius 2 is 1.92 bits per heavy atom. The van der Waals surface area contributed by atoms with Crippen molar-refractivity contribution < 1.29 is 9.53 Å². The number of rotatable bonds is 4. The topological polar surface area (TPSA) is 41.9 Å². The predicted octanol–water partition coefficient (Wildman–Crippen LogP) is 4.90. The lowest BCUT2D eigenvalue weighted by atomic mass is 9.88. The molecule has 0 radical (unpaired) electrons. The van der Waals surface area contributed by atoms with Crippen molar-refractivity contribution >= 4 is 40.6 Å². The van der Waals surface area contributed by atoms with Gasteiger partial charge in [-0.05, 0) is 37.6 Å². The van der Waals surface area contributed by atoms with Crippen molar-refractivity contribution in [2.75, 3.05) is 11.6 Å². The minimum Gasteiger partial charge on any atom is -0.461 e. The largest absolute Gasteiger partial charge is 0.461 e. The summed E-state index contributed by atoms with van der Waals surface area (Å²) in [5.41, 5.74) is 2.10. The lowest BCUT2D eigenvalue weighted by molar-refractivity contribution is -0.135. The van der Waals surface area contributed by atoms with Crippen LogP contribution in [-0.4, -0.2) is 24.3 Å². The molecule has 3 rings (SSSR count). The first-order valence-electron chi connectivity index (χ1n) is 8.07. The van der Waals surface area contributed by atoms with Crippen LogP contribution in [0.3, 0.4) is 0 Å². The quantitative estimate of drug-likeness (QED) is 0.712. The summed E-state index contributed by atoms with van der Waals surface area (Å²) in [6, 6.07) is 14.9. The summed E-state index contributed by atoms with van der Waals surface area (Å²) in [7, 11) is 0. The first kappa shape index (κ1) is 17.8. The number of ether oxygens (including phenoxy) is 1. The van der Waals surface area contributed by atoms with Crippen LogP contribution in [0.25, 0.3) is 0 Å². The number of esters is 1. The highest BCUT2D eigenvalue weighted by molar-refractivity contribution is 6.40. The van der Waals surface area contributed by atoms with Crippen LogP contribution in [0.5, 0.6) is 0 Å². The van der Waals surface area contributed by atoms with Gasteiger partial charge in [-0.15, -0.1) is 0 Å². The third-order valence-electron chi connectivity index (χ3n) is 4.18. The van der Waals surface area contributed by atoms with Crippen LogP contribution in [0.1, 0.15) is 25.3 Å². The number of benzene rings is 2. The highest BCUT2D eigenvalue weighted by atomic mass is 35.5. The molecule has 1 aliphatic heterocycles. The number of carbonyl (C=O) groups is 1. The Balaban J connectivity index is 2.05.